The van der Waals surface area contributed by atoms with Crippen LogP contribution in [0.25, 0.3) is 0 Å². The Morgan fingerprint density at radius 2 is 1.65 bits per heavy atom. The predicted octanol–water partition coefficient (Wildman–Crippen LogP) is 0.824. The Balaban J connectivity index is 2.89. The quantitative estimate of drug-likeness (QED) is 0.190. The molecule has 0 aliphatic rings. The molecule has 6 N–H and O–H groups in total. The normalized spacial score (nSPS) is 15.3. The van der Waals surface area contributed by atoms with Gasteiger partial charge >= 0.3 is 5.97 Å². The van der Waals surface area contributed by atoms with Crippen molar-refractivity contribution in [2.75, 3.05) is 17.8 Å². The van der Waals surface area contributed by atoms with E-state index in [0.29, 0.717) is 18.6 Å². The molecule has 0 saturated carbocycles. The summed E-state index contributed by atoms with van der Waals surface area (Å²) >= 11 is 5.72. The Labute approximate surface area is 210 Å². The van der Waals surface area contributed by atoms with Crippen molar-refractivity contribution in [3.05, 3.63) is 35.9 Å². The molecule has 5 unspecified atom stereocenters. The fourth-order valence-corrected chi connectivity index (χ4v) is 3.86. The van der Waals surface area contributed by atoms with E-state index in [1.807, 2.05) is 19.2 Å². The minimum atomic E-state index is -1.17. The van der Waals surface area contributed by atoms with Gasteiger partial charge in [0.2, 0.25) is 17.7 Å². The lowest BCUT2D eigenvalue weighted by atomic mass is 9.97. The number of thiol groups is 1. The van der Waals surface area contributed by atoms with Gasteiger partial charge in [0, 0.05) is 12.2 Å². The Hall–Kier alpha value is -2.24. The molecule has 1 rings (SSSR count). The van der Waals surface area contributed by atoms with E-state index in [2.05, 4.69) is 28.6 Å². The summed E-state index contributed by atoms with van der Waals surface area (Å²) in [5, 5.41) is 17.4. The summed E-state index contributed by atoms with van der Waals surface area (Å²) in [5.74, 6) is -2.41. The lowest BCUT2D eigenvalue weighted by Crippen LogP contribution is -2.59. The first kappa shape index (κ1) is 29.8. The molecular formula is C23H36N4O5S2. The molecule has 1 aromatic carbocycles. The number of carbonyl (C=O) groups is 4. The third-order valence-corrected chi connectivity index (χ3v) is 6.48. The summed E-state index contributed by atoms with van der Waals surface area (Å²) < 4.78 is 0. The van der Waals surface area contributed by atoms with Crippen molar-refractivity contribution in [2.24, 2.45) is 11.7 Å². The lowest BCUT2D eigenvalue weighted by Gasteiger charge is -2.27. The molecule has 0 heterocycles. The first-order chi connectivity index (χ1) is 16.1. The number of amides is 3. The fourth-order valence-electron chi connectivity index (χ4n) is 3.12. The van der Waals surface area contributed by atoms with Crippen molar-refractivity contribution in [3.63, 3.8) is 0 Å². The van der Waals surface area contributed by atoms with Gasteiger partial charge in [-0.25, -0.2) is 4.79 Å². The number of carboxylic acids is 1. The number of nitrogens with one attached hydrogen (secondary N) is 3. The van der Waals surface area contributed by atoms with Gasteiger partial charge in [0.25, 0.3) is 0 Å². The van der Waals surface area contributed by atoms with E-state index in [1.165, 1.54) is 0 Å². The van der Waals surface area contributed by atoms with Gasteiger partial charge in [-0.05, 0) is 29.9 Å². The van der Waals surface area contributed by atoms with Crippen molar-refractivity contribution in [3.8, 4) is 0 Å². The Bertz CT molecular complexity index is 812. The van der Waals surface area contributed by atoms with Crippen molar-refractivity contribution >= 4 is 48.1 Å². The SMILES string of the molecule is CCC(C)C(NC(=O)C(CS)NC(=O)C(N)CCSC)C(=O)NC(Cc1ccccc1)C(=O)O. The van der Waals surface area contributed by atoms with Gasteiger partial charge in [0.1, 0.15) is 18.1 Å². The first-order valence-corrected chi connectivity index (χ1v) is 13.2. The van der Waals surface area contributed by atoms with Crippen molar-refractivity contribution in [2.45, 2.75) is 57.3 Å². The molecule has 190 valence electrons. The second kappa shape index (κ2) is 15.6. The second-order valence-corrected chi connectivity index (χ2v) is 9.44. The van der Waals surface area contributed by atoms with Gasteiger partial charge in [-0.1, -0.05) is 50.6 Å². The summed E-state index contributed by atoms with van der Waals surface area (Å²) in [6, 6.07) is 5.06. The van der Waals surface area contributed by atoms with Crippen LogP contribution in [0.3, 0.4) is 0 Å². The highest BCUT2D eigenvalue weighted by atomic mass is 32.2. The first-order valence-electron chi connectivity index (χ1n) is 11.2. The zero-order valence-corrected chi connectivity index (χ0v) is 21.5. The number of carbonyl (C=O) groups excluding carboxylic acids is 3. The van der Waals surface area contributed by atoms with Gasteiger partial charge in [-0.2, -0.15) is 24.4 Å². The fraction of sp³-hybridized carbons (Fsp3) is 0.565. The standard InChI is InChI=1S/C23H36N4O5S2/c1-4-14(2)19(22(30)25-17(23(31)32)12-15-8-6-5-7-9-15)27-21(29)18(13-33)26-20(28)16(24)10-11-34-3/h5-9,14,16-19,33H,4,10-13,24H2,1-3H3,(H,25,30)(H,26,28)(H,27,29)(H,31,32). The molecule has 5 atom stereocenters. The summed E-state index contributed by atoms with van der Waals surface area (Å²) in [6.45, 7) is 3.64. The molecule has 9 nitrogen and oxygen atoms in total. The van der Waals surface area contributed by atoms with E-state index < -0.39 is 47.9 Å². The minimum absolute atomic E-state index is 0.00737. The van der Waals surface area contributed by atoms with Gasteiger partial charge in [-0.15, -0.1) is 0 Å². The third-order valence-electron chi connectivity index (χ3n) is 5.48. The Morgan fingerprint density at radius 3 is 2.18 bits per heavy atom. The molecule has 11 heteroatoms. The van der Waals surface area contributed by atoms with Crippen molar-refractivity contribution in [1.29, 1.82) is 0 Å². The van der Waals surface area contributed by atoms with E-state index in [9.17, 15) is 24.3 Å². The number of hydrogen-bond acceptors (Lipinski definition) is 7. The van der Waals surface area contributed by atoms with Gasteiger partial charge in [0.15, 0.2) is 0 Å². The highest BCUT2D eigenvalue weighted by Crippen LogP contribution is 2.11. The van der Waals surface area contributed by atoms with Crippen molar-refractivity contribution in [1.82, 2.24) is 16.0 Å². The molecule has 0 radical (unpaired) electrons. The number of rotatable bonds is 15. The summed E-state index contributed by atoms with van der Waals surface area (Å²) in [5.41, 5.74) is 6.63. The molecule has 0 fully saturated rings. The van der Waals surface area contributed by atoms with Crippen LogP contribution in [0.2, 0.25) is 0 Å². The van der Waals surface area contributed by atoms with Crippen LogP contribution in [0.5, 0.6) is 0 Å². The van der Waals surface area contributed by atoms with Gasteiger partial charge < -0.3 is 26.8 Å². The molecule has 0 aliphatic heterocycles. The summed E-state index contributed by atoms with van der Waals surface area (Å²) in [6.07, 6.45) is 3.03. The average molecular weight is 513 g/mol. The molecule has 0 aliphatic carbocycles. The molecule has 0 spiro atoms. The minimum Gasteiger partial charge on any atom is -0.480 e. The maximum Gasteiger partial charge on any atom is 0.326 e. The average Bonchev–Trinajstić information content (AvgIpc) is 2.83. The second-order valence-electron chi connectivity index (χ2n) is 8.09. The van der Waals surface area contributed by atoms with Gasteiger partial charge in [-0.3, -0.25) is 14.4 Å². The van der Waals surface area contributed by atoms with Crippen LogP contribution in [0.15, 0.2) is 30.3 Å². The molecule has 3 amide bonds. The van der Waals surface area contributed by atoms with Crippen LogP contribution in [0.4, 0.5) is 0 Å². The highest BCUT2D eigenvalue weighted by molar-refractivity contribution is 7.98. The number of nitrogens with two attached hydrogens (primary N) is 1. The molecular weight excluding hydrogens is 476 g/mol. The summed E-state index contributed by atoms with van der Waals surface area (Å²) in [4.78, 5) is 50.0. The van der Waals surface area contributed by atoms with E-state index >= 15 is 0 Å². The smallest absolute Gasteiger partial charge is 0.326 e. The van der Waals surface area contributed by atoms with Gasteiger partial charge in [0.05, 0.1) is 6.04 Å². The molecule has 1 aromatic rings. The van der Waals surface area contributed by atoms with E-state index in [4.69, 9.17) is 5.73 Å². The zero-order chi connectivity index (χ0) is 25.7. The predicted molar refractivity (Wildman–Crippen MR) is 138 cm³/mol. The summed E-state index contributed by atoms with van der Waals surface area (Å²) in [7, 11) is 0. The van der Waals surface area contributed by atoms with Crippen LogP contribution in [-0.4, -0.2) is 70.7 Å². The number of carboxylic acid groups (broad SMARTS) is 1. The van der Waals surface area contributed by atoms with E-state index in [0.717, 1.165) is 5.56 Å². The molecule has 0 saturated heterocycles. The number of aliphatic carboxylic acids is 1. The molecule has 34 heavy (non-hydrogen) atoms. The number of hydrogen-bond donors (Lipinski definition) is 6. The Morgan fingerprint density at radius 1 is 1.03 bits per heavy atom. The maximum absolute atomic E-state index is 13.0. The lowest BCUT2D eigenvalue weighted by molar-refractivity contribution is -0.142. The number of thioether (sulfide) groups is 1. The van der Waals surface area contributed by atoms with Crippen LogP contribution >= 0.6 is 24.4 Å². The monoisotopic (exact) mass is 512 g/mol. The third kappa shape index (κ3) is 9.94. The van der Waals surface area contributed by atoms with Crippen LogP contribution in [0.1, 0.15) is 32.3 Å². The van der Waals surface area contributed by atoms with E-state index in [-0.39, 0.29) is 18.1 Å². The van der Waals surface area contributed by atoms with Crippen molar-refractivity contribution < 1.29 is 24.3 Å². The number of benzene rings is 1. The van der Waals surface area contributed by atoms with Crippen LogP contribution < -0.4 is 21.7 Å². The maximum atomic E-state index is 13.0. The molecule has 0 bridgehead atoms. The Kier molecular flexibility index (Phi) is 13.7. The topological polar surface area (TPSA) is 151 Å². The van der Waals surface area contributed by atoms with Crippen LogP contribution in [-0.2, 0) is 25.6 Å². The van der Waals surface area contributed by atoms with Crippen LogP contribution in [0, 0.1) is 5.92 Å². The largest absolute Gasteiger partial charge is 0.480 e. The van der Waals surface area contributed by atoms with E-state index in [1.54, 1.807) is 43.0 Å². The highest BCUT2D eigenvalue weighted by Gasteiger charge is 2.32. The molecule has 0 aromatic heterocycles. The zero-order valence-electron chi connectivity index (χ0n) is 19.8.